The molecule has 12 rings (SSSR count). The van der Waals surface area contributed by atoms with E-state index >= 15 is 0 Å². The quantitative estimate of drug-likeness (QED) is 0.174. The lowest BCUT2D eigenvalue weighted by atomic mass is 9.43. The van der Waals surface area contributed by atoms with E-state index in [1.807, 2.05) is 0 Å². The molecule has 5 aliphatic carbocycles. The first kappa shape index (κ1) is 27.1. The van der Waals surface area contributed by atoms with Crippen molar-refractivity contribution >= 4 is 21.5 Å². The summed E-state index contributed by atoms with van der Waals surface area (Å²) >= 11 is 0. The van der Waals surface area contributed by atoms with Gasteiger partial charge in [0.15, 0.2) is 0 Å². The highest BCUT2D eigenvalue weighted by Gasteiger charge is 2.61. The largest absolute Gasteiger partial charge is 0.0622 e. The Morgan fingerprint density at radius 3 is 1.50 bits per heavy atom. The summed E-state index contributed by atoms with van der Waals surface area (Å²) in [4.78, 5) is 0. The summed E-state index contributed by atoms with van der Waals surface area (Å²) in [5.74, 6) is 3.49. The van der Waals surface area contributed by atoms with Crippen molar-refractivity contribution in [2.24, 2.45) is 23.7 Å². The Hall–Kier alpha value is -4.94. The molecule has 4 saturated carbocycles. The number of benzene rings is 7. The molecule has 0 saturated heterocycles. The Kier molecular flexibility index (Phi) is 5.66. The highest BCUT2D eigenvalue weighted by Crippen LogP contribution is 2.69. The van der Waals surface area contributed by atoms with Crippen molar-refractivity contribution in [3.8, 4) is 44.5 Å². The molecule has 0 heterocycles. The van der Waals surface area contributed by atoms with Crippen molar-refractivity contribution in [2.75, 3.05) is 0 Å². The van der Waals surface area contributed by atoms with Gasteiger partial charge in [-0.15, -0.1) is 0 Å². The zero-order valence-electron chi connectivity index (χ0n) is 27.2. The molecule has 0 nitrogen and oxygen atoms in total. The Bertz CT molecular complexity index is 2330. The van der Waals surface area contributed by atoms with E-state index in [0.717, 1.165) is 23.7 Å². The van der Waals surface area contributed by atoms with Crippen molar-refractivity contribution in [3.05, 3.63) is 157 Å². The van der Waals surface area contributed by atoms with Gasteiger partial charge in [0.25, 0.3) is 0 Å². The molecule has 1 spiro atoms. The third kappa shape index (κ3) is 3.61. The summed E-state index contributed by atoms with van der Waals surface area (Å²) in [5, 5.41) is 5.28. The lowest BCUT2D eigenvalue weighted by molar-refractivity contribution is -0.0399. The number of rotatable bonds is 3. The molecule has 0 unspecified atom stereocenters. The minimum Gasteiger partial charge on any atom is -0.0622 e. The summed E-state index contributed by atoms with van der Waals surface area (Å²) in [7, 11) is 0. The van der Waals surface area contributed by atoms with Crippen molar-refractivity contribution < 1.29 is 0 Å². The van der Waals surface area contributed by atoms with Crippen LogP contribution in [0.3, 0.4) is 0 Å². The second-order valence-corrected chi connectivity index (χ2v) is 15.3. The summed E-state index contributed by atoms with van der Waals surface area (Å²) in [6.45, 7) is 0. The van der Waals surface area contributed by atoms with Crippen molar-refractivity contribution in [1.82, 2.24) is 0 Å². The standard InChI is InChI=1S/C48H38/c1-2-11-32(12-3-1)33-13-10-14-34(28-33)46-39-16-4-6-18-41(39)47(42-19-7-5-17-40(42)46)35-21-22-45-43(29-35)38-15-8-9-20-44(38)48(45)36-24-30-23-31(26-36)27-37(48)25-30/h1-22,28-31,36-37H,23-27H2. The molecule has 7 aromatic carbocycles. The zero-order chi connectivity index (χ0) is 31.4. The van der Waals surface area contributed by atoms with Crippen LogP contribution in [0.1, 0.15) is 43.2 Å². The van der Waals surface area contributed by atoms with E-state index in [1.165, 1.54) is 98.2 Å². The van der Waals surface area contributed by atoms with Crippen LogP contribution >= 0.6 is 0 Å². The van der Waals surface area contributed by atoms with Gasteiger partial charge in [-0.3, -0.25) is 0 Å². The predicted octanol–water partition coefficient (Wildman–Crippen LogP) is 12.7. The van der Waals surface area contributed by atoms with Gasteiger partial charge in [-0.25, -0.2) is 0 Å². The van der Waals surface area contributed by atoms with E-state index in [4.69, 9.17) is 0 Å². The molecule has 4 bridgehead atoms. The summed E-state index contributed by atoms with van der Waals surface area (Å²) in [6.07, 6.45) is 7.17. The molecular formula is C48H38. The van der Waals surface area contributed by atoms with Crippen molar-refractivity contribution in [2.45, 2.75) is 37.5 Å². The molecule has 0 N–H and O–H groups in total. The first-order chi connectivity index (χ1) is 23.8. The molecule has 0 atom stereocenters. The average molecular weight is 615 g/mol. The maximum absolute atomic E-state index is 2.58. The Morgan fingerprint density at radius 1 is 0.354 bits per heavy atom. The summed E-state index contributed by atoms with van der Waals surface area (Å²) in [5.41, 5.74) is 14.2. The van der Waals surface area contributed by atoms with Crippen LogP contribution in [0.4, 0.5) is 0 Å². The molecular weight excluding hydrogens is 577 g/mol. The van der Waals surface area contributed by atoms with Crippen LogP contribution in [0.5, 0.6) is 0 Å². The Labute approximate surface area is 283 Å². The smallest absolute Gasteiger partial charge is 0.0271 e. The van der Waals surface area contributed by atoms with E-state index in [2.05, 4.69) is 146 Å². The monoisotopic (exact) mass is 614 g/mol. The fraction of sp³-hybridized carbons (Fsp3) is 0.208. The van der Waals surface area contributed by atoms with Gasteiger partial charge in [0.2, 0.25) is 0 Å². The predicted molar refractivity (Wildman–Crippen MR) is 201 cm³/mol. The number of hydrogen-bond acceptors (Lipinski definition) is 0. The first-order valence-corrected chi connectivity index (χ1v) is 18.1. The van der Waals surface area contributed by atoms with E-state index in [-0.39, 0.29) is 5.41 Å². The second-order valence-electron chi connectivity index (χ2n) is 15.3. The third-order valence-electron chi connectivity index (χ3n) is 13.0. The lowest BCUT2D eigenvalue weighted by Gasteiger charge is -2.61. The van der Waals surface area contributed by atoms with E-state index < -0.39 is 0 Å². The van der Waals surface area contributed by atoms with E-state index in [0.29, 0.717) is 0 Å². The van der Waals surface area contributed by atoms with Gasteiger partial charge in [-0.05, 0) is 145 Å². The number of fused-ring (bicyclic) bond motifs is 5. The molecule has 0 aromatic heterocycles. The molecule has 230 valence electrons. The topological polar surface area (TPSA) is 0 Å². The molecule has 7 aromatic rings. The fourth-order valence-electron chi connectivity index (χ4n) is 11.5. The SMILES string of the molecule is c1ccc(-c2cccc(-c3c4ccccc4c(-c4ccc5c(c4)-c4ccccc4C54C5CC6CC(C5)CC4C6)c4ccccc34)c2)cc1. The summed E-state index contributed by atoms with van der Waals surface area (Å²) < 4.78 is 0. The highest BCUT2D eigenvalue weighted by atomic mass is 14.6. The van der Waals surface area contributed by atoms with Crippen LogP contribution in [0.25, 0.3) is 66.1 Å². The Balaban J connectivity index is 1.14. The van der Waals surface area contributed by atoms with E-state index in [1.54, 1.807) is 11.1 Å². The van der Waals surface area contributed by atoms with Crippen LogP contribution in [-0.2, 0) is 5.41 Å². The first-order valence-electron chi connectivity index (χ1n) is 18.1. The second kappa shape index (κ2) is 10.0. The molecule has 0 radical (unpaired) electrons. The van der Waals surface area contributed by atoms with Gasteiger partial charge < -0.3 is 0 Å². The normalized spacial score (nSPS) is 24.8. The van der Waals surface area contributed by atoms with Crippen molar-refractivity contribution in [1.29, 1.82) is 0 Å². The molecule has 4 fully saturated rings. The van der Waals surface area contributed by atoms with Crippen LogP contribution < -0.4 is 0 Å². The molecule has 48 heavy (non-hydrogen) atoms. The van der Waals surface area contributed by atoms with Gasteiger partial charge in [0.05, 0.1) is 0 Å². The Morgan fingerprint density at radius 2 is 0.854 bits per heavy atom. The van der Waals surface area contributed by atoms with Crippen LogP contribution in [0.15, 0.2) is 146 Å². The summed E-state index contributed by atoms with van der Waals surface area (Å²) in [6, 6.07) is 55.2. The minimum absolute atomic E-state index is 0.204. The van der Waals surface area contributed by atoms with E-state index in [9.17, 15) is 0 Å². The fourth-order valence-corrected chi connectivity index (χ4v) is 11.5. The van der Waals surface area contributed by atoms with Gasteiger partial charge in [0.1, 0.15) is 0 Å². The van der Waals surface area contributed by atoms with Gasteiger partial charge in [-0.1, -0.05) is 133 Å². The zero-order valence-corrected chi connectivity index (χ0v) is 27.2. The van der Waals surface area contributed by atoms with Gasteiger partial charge in [0, 0.05) is 5.41 Å². The highest BCUT2D eigenvalue weighted by molar-refractivity contribution is 6.21. The van der Waals surface area contributed by atoms with Gasteiger partial charge in [-0.2, -0.15) is 0 Å². The molecule has 5 aliphatic rings. The number of hydrogen-bond donors (Lipinski definition) is 0. The minimum atomic E-state index is 0.204. The van der Waals surface area contributed by atoms with Crippen molar-refractivity contribution in [3.63, 3.8) is 0 Å². The van der Waals surface area contributed by atoms with Crippen LogP contribution in [0.2, 0.25) is 0 Å². The lowest BCUT2D eigenvalue weighted by Crippen LogP contribution is -2.55. The molecule has 0 heteroatoms. The maximum Gasteiger partial charge on any atom is 0.0271 e. The van der Waals surface area contributed by atoms with Gasteiger partial charge >= 0.3 is 0 Å². The average Bonchev–Trinajstić information content (AvgIpc) is 3.43. The molecule has 0 aliphatic heterocycles. The van der Waals surface area contributed by atoms with Crippen LogP contribution in [-0.4, -0.2) is 0 Å². The van der Waals surface area contributed by atoms with Crippen LogP contribution in [0, 0.1) is 23.7 Å². The maximum atomic E-state index is 2.58. The third-order valence-corrected chi connectivity index (χ3v) is 13.0. The molecule has 0 amide bonds.